The van der Waals surface area contributed by atoms with E-state index >= 15 is 0 Å². The standard InChI is InChI=1S/C13H18N2O6/c1-8-2-4-9(5-3-8)15(14-20)7-13(19)12(18)11(17)10(16)6-21-13/h2-5,10-12,16-19H,6-7H2,1H3. The van der Waals surface area contributed by atoms with Crippen LogP contribution in [-0.2, 0) is 4.74 Å². The first-order chi connectivity index (χ1) is 9.87. The van der Waals surface area contributed by atoms with Gasteiger partial charge < -0.3 is 25.2 Å². The van der Waals surface area contributed by atoms with Crippen molar-refractivity contribution in [1.29, 1.82) is 0 Å². The van der Waals surface area contributed by atoms with Crippen LogP contribution >= 0.6 is 0 Å². The van der Waals surface area contributed by atoms with E-state index in [1.807, 2.05) is 6.92 Å². The SMILES string of the molecule is Cc1ccc(N(CC2(O)OCC(O)C(O)C2O)N=O)cc1. The first kappa shape index (κ1) is 15.8. The molecule has 0 bridgehead atoms. The largest absolute Gasteiger partial charge is 0.388 e. The van der Waals surface area contributed by atoms with Gasteiger partial charge >= 0.3 is 0 Å². The van der Waals surface area contributed by atoms with Gasteiger partial charge in [0.15, 0.2) is 0 Å². The maximum absolute atomic E-state index is 11.0. The monoisotopic (exact) mass is 298 g/mol. The molecule has 1 aromatic carbocycles. The molecule has 1 heterocycles. The molecular formula is C13H18N2O6. The van der Waals surface area contributed by atoms with Gasteiger partial charge in [-0.1, -0.05) is 17.7 Å². The molecule has 116 valence electrons. The normalized spacial score (nSPS) is 32.7. The Labute approximate surface area is 121 Å². The Hall–Kier alpha value is -1.58. The highest BCUT2D eigenvalue weighted by molar-refractivity contribution is 5.46. The van der Waals surface area contributed by atoms with Crippen molar-refractivity contribution in [3.8, 4) is 0 Å². The minimum Gasteiger partial charge on any atom is -0.388 e. The van der Waals surface area contributed by atoms with Crippen LogP contribution in [0.25, 0.3) is 0 Å². The zero-order valence-corrected chi connectivity index (χ0v) is 11.5. The van der Waals surface area contributed by atoms with Crippen molar-refractivity contribution in [1.82, 2.24) is 0 Å². The summed E-state index contributed by atoms with van der Waals surface area (Å²) in [5.74, 6) is -2.21. The molecule has 2 rings (SSSR count). The summed E-state index contributed by atoms with van der Waals surface area (Å²) in [6.07, 6.45) is -4.65. The molecule has 8 nitrogen and oxygen atoms in total. The highest BCUT2D eigenvalue weighted by Crippen LogP contribution is 2.27. The lowest BCUT2D eigenvalue weighted by molar-refractivity contribution is -0.315. The van der Waals surface area contributed by atoms with Gasteiger partial charge in [-0.25, -0.2) is 5.01 Å². The molecule has 0 amide bonds. The van der Waals surface area contributed by atoms with Gasteiger partial charge in [-0.3, -0.25) is 0 Å². The fraction of sp³-hybridized carbons (Fsp3) is 0.538. The van der Waals surface area contributed by atoms with Gasteiger partial charge in [0.05, 0.1) is 17.6 Å². The smallest absolute Gasteiger partial charge is 0.215 e. The Balaban J connectivity index is 2.17. The molecule has 0 saturated carbocycles. The summed E-state index contributed by atoms with van der Waals surface area (Å²) in [7, 11) is 0. The number of ether oxygens (including phenoxy) is 1. The third-order valence-electron chi connectivity index (χ3n) is 3.49. The van der Waals surface area contributed by atoms with Crippen molar-refractivity contribution in [2.24, 2.45) is 5.29 Å². The van der Waals surface area contributed by atoms with Crippen LogP contribution in [-0.4, -0.2) is 57.7 Å². The van der Waals surface area contributed by atoms with E-state index in [0.717, 1.165) is 10.6 Å². The van der Waals surface area contributed by atoms with Crippen LogP contribution < -0.4 is 5.01 Å². The van der Waals surface area contributed by atoms with Crippen LogP contribution in [0.3, 0.4) is 0 Å². The number of anilines is 1. The average Bonchev–Trinajstić information content (AvgIpc) is 2.48. The van der Waals surface area contributed by atoms with Gasteiger partial charge in [-0.2, -0.15) is 0 Å². The quantitative estimate of drug-likeness (QED) is 0.427. The molecule has 4 N–H and O–H groups in total. The van der Waals surface area contributed by atoms with E-state index in [1.165, 1.54) is 0 Å². The molecule has 0 aliphatic carbocycles. The minimum absolute atomic E-state index is 0.366. The maximum atomic E-state index is 11.0. The van der Waals surface area contributed by atoms with Gasteiger partial charge in [-0.05, 0) is 19.1 Å². The van der Waals surface area contributed by atoms with E-state index in [4.69, 9.17) is 4.74 Å². The molecule has 8 heteroatoms. The Morgan fingerprint density at radius 2 is 1.95 bits per heavy atom. The lowest BCUT2D eigenvalue weighted by Crippen LogP contribution is -2.64. The Bertz CT molecular complexity index is 496. The molecule has 1 aromatic rings. The van der Waals surface area contributed by atoms with Crippen molar-refractivity contribution in [2.75, 3.05) is 18.2 Å². The highest BCUT2D eigenvalue weighted by atomic mass is 16.6. The molecule has 1 aliphatic heterocycles. The Morgan fingerprint density at radius 1 is 1.33 bits per heavy atom. The lowest BCUT2D eigenvalue weighted by Gasteiger charge is -2.42. The summed E-state index contributed by atoms with van der Waals surface area (Å²) in [5, 5.41) is 42.8. The first-order valence-electron chi connectivity index (χ1n) is 6.45. The number of aliphatic hydroxyl groups excluding tert-OH is 3. The van der Waals surface area contributed by atoms with Gasteiger partial charge in [-0.15, -0.1) is 4.91 Å². The zero-order chi connectivity index (χ0) is 15.6. The van der Waals surface area contributed by atoms with Crippen LogP contribution in [0.4, 0.5) is 5.69 Å². The predicted molar refractivity (Wildman–Crippen MR) is 73.2 cm³/mol. The fourth-order valence-electron chi connectivity index (χ4n) is 2.13. The second kappa shape index (κ2) is 6.04. The van der Waals surface area contributed by atoms with E-state index in [2.05, 4.69) is 5.29 Å². The third-order valence-corrected chi connectivity index (χ3v) is 3.49. The summed E-state index contributed by atoms with van der Waals surface area (Å²) in [5.41, 5.74) is 1.39. The number of rotatable bonds is 4. The Kier molecular flexibility index (Phi) is 4.55. The molecule has 1 fully saturated rings. The highest BCUT2D eigenvalue weighted by Gasteiger charge is 2.49. The summed E-state index contributed by atoms with van der Waals surface area (Å²) < 4.78 is 4.99. The predicted octanol–water partition coefficient (Wildman–Crippen LogP) is -0.716. The van der Waals surface area contributed by atoms with Crippen LogP contribution in [0.1, 0.15) is 5.56 Å². The summed E-state index contributed by atoms with van der Waals surface area (Å²) in [6, 6.07) is 6.77. The second-order valence-electron chi connectivity index (χ2n) is 5.13. The summed E-state index contributed by atoms with van der Waals surface area (Å²) in [4.78, 5) is 11.0. The van der Waals surface area contributed by atoms with Crippen LogP contribution in [0.2, 0.25) is 0 Å². The molecule has 0 aromatic heterocycles. The number of hydrogen-bond donors (Lipinski definition) is 4. The van der Waals surface area contributed by atoms with Crippen LogP contribution in [0, 0.1) is 11.8 Å². The summed E-state index contributed by atoms with van der Waals surface area (Å²) in [6.45, 7) is 1.03. The maximum Gasteiger partial charge on any atom is 0.215 e. The number of benzene rings is 1. The van der Waals surface area contributed by atoms with Crippen molar-refractivity contribution < 1.29 is 25.2 Å². The van der Waals surface area contributed by atoms with E-state index in [-0.39, 0.29) is 6.61 Å². The van der Waals surface area contributed by atoms with E-state index in [9.17, 15) is 25.3 Å². The number of nitroso groups, excluding NO2 is 1. The van der Waals surface area contributed by atoms with Crippen molar-refractivity contribution in [2.45, 2.75) is 31.0 Å². The van der Waals surface area contributed by atoms with Crippen molar-refractivity contribution >= 4 is 5.69 Å². The molecule has 0 radical (unpaired) electrons. The molecule has 21 heavy (non-hydrogen) atoms. The number of nitrogens with zero attached hydrogens (tertiary/aromatic N) is 2. The zero-order valence-electron chi connectivity index (χ0n) is 11.5. The number of aryl methyl sites for hydroxylation is 1. The van der Waals surface area contributed by atoms with Crippen LogP contribution in [0.5, 0.6) is 0 Å². The molecule has 4 atom stereocenters. The van der Waals surface area contributed by atoms with E-state index in [0.29, 0.717) is 5.69 Å². The number of aliphatic hydroxyl groups is 4. The average molecular weight is 298 g/mol. The topological polar surface area (TPSA) is 123 Å². The molecule has 4 unspecified atom stereocenters. The lowest BCUT2D eigenvalue weighted by atomic mass is 9.96. The Morgan fingerprint density at radius 3 is 2.52 bits per heavy atom. The second-order valence-corrected chi connectivity index (χ2v) is 5.13. The molecule has 0 spiro atoms. The van der Waals surface area contributed by atoms with Crippen molar-refractivity contribution in [3.63, 3.8) is 0 Å². The van der Waals surface area contributed by atoms with E-state index in [1.54, 1.807) is 24.3 Å². The van der Waals surface area contributed by atoms with Crippen LogP contribution in [0.15, 0.2) is 29.6 Å². The van der Waals surface area contributed by atoms with Gasteiger partial charge in [0.2, 0.25) is 5.79 Å². The molecule has 1 saturated heterocycles. The molecule has 1 aliphatic rings. The minimum atomic E-state index is -2.21. The van der Waals surface area contributed by atoms with Crippen molar-refractivity contribution in [3.05, 3.63) is 34.7 Å². The fourth-order valence-corrected chi connectivity index (χ4v) is 2.13. The molecular weight excluding hydrogens is 280 g/mol. The van der Waals surface area contributed by atoms with Gasteiger partial charge in [0.1, 0.15) is 24.9 Å². The summed E-state index contributed by atoms with van der Waals surface area (Å²) >= 11 is 0. The van der Waals surface area contributed by atoms with Gasteiger partial charge in [0.25, 0.3) is 0 Å². The first-order valence-corrected chi connectivity index (χ1v) is 6.45. The van der Waals surface area contributed by atoms with E-state index < -0.39 is 30.6 Å². The number of hydrogen-bond acceptors (Lipinski definition) is 7. The third kappa shape index (κ3) is 3.20. The van der Waals surface area contributed by atoms with Gasteiger partial charge in [0, 0.05) is 0 Å².